The maximum absolute atomic E-state index is 13.6. The number of halogens is 2. The van der Waals surface area contributed by atoms with Gasteiger partial charge in [0.25, 0.3) is 0 Å². The Hall–Kier alpha value is -1.69. The Bertz CT molecular complexity index is 553. The van der Waals surface area contributed by atoms with Gasteiger partial charge < -0.3 is 15.1 Å². The van der Waals surface area contributed by atoms with Gasteiger partial charge in [-0.1, -0.05) is 6.42 Å². The molecule has 0 spiro atoms. The summed E-state index contributed by atoms with van der Waals surface area (Å²) in [5.74, 6) is -1.40. The average Bonchev–Trinajstić information content (AvgIpc) is 2.58. The minimum Gasteiger partial charge on any atom is -0.324 e. The number of piperidine rings is 2. The monoisotopic (exact) mass is 323 g/mol. The van der Waals surface area contributed by atoms with Gasteiger partial charge in [0.1, 0.15) is 11.6 Å². The summed E-state index contributed by atoms with van der Waals surface area (Å²) >= 11 is 0. The average molecular weight is 323 g/mol. The smallest absolute Gasteiger partial charge is 0.321 e. The van der Waals surface area contributed by atoms with Gasteiger partial charge in [0, 0.05) is 25.2 Å². The van der Waals surface area contributed by atoms with Gasteiger partial charge >= 0.3 is 6.03 Å². The summed E-state index contributed by atoms with van der Waals surface area (Å²) in [5.41, 5.74) is 0.0227. The molecule has 126 valence electrons. The second-order valence-electron chi connectivity index (χ2n) is 6.37. The summed E-state index contributed by atoms with van der Waals surface area (Å²) in [4.78, 5) is 16.5. The van der Waals surface area contributed by atoms with Crippen molar-refractivity contribution in [3.8, 4) is 0 Å². The van der Waals surface area contributed by atoms with Gasteiger partial charge in [-0.2, -0.15) is 0 Å². The quantitative estimate of drug-likeness (QED) is 0.905. The van der Waals surface area contributed by atoms with E-state index in [-0.39, 0.29) is 11.7 Å². The second-order valence-corrected chi connectivity index (χ2v) is 6.37. The normalized spacial score (nSPS) is 20.5. The minimum atomic E-state index is -0.749. The summed E-state index contributed by atoms with van der Waals surface area (Å²) in [6.45, 7) is 3.68. The molecule has 0 atom stereocenters. The van der Waals surface area contributed by atoms with Gasteiger partial charge in [-0.25, -0.2) is 13.6 Å². The molecule has 1 aromatic rings. The van der Waals surface area contributed by atoms with E-state index in [1.165, 1.54) is 25.3 Å². The van der Waals surface area contributed by atoms with E-state index in [1.807, 2.05) is 0 Å². The first-order chi connectivity index (χ1) is 11.1. The number of carbonyl (C=O) groups excluding carboxylic acids is 1. The van der Waals surface area contributed by atoms with Gasteiger partial charge in [-0.05, 0) is 50.9 Å². The topological polar surface area (TPSA) is 35.6 Å². The molecule has 1 N–H and O–H groups in total. The number of urea groups is 1. The molecule has 6 heteroatoms. The van der Waals surface area contributed by atoms with Crippen molar-refractivity contribution in [3.63, 3.8) is 0 Å². The lowest BCUT2D eigenvalue weighted by molar-refractivity contribution is 0.104. The van der Waals surface area contributed by atoms with Crippen molar-refractivity contribution in [2.45, 2.75) is 38.1 Å². The number of likely N-dealkylation sites (tertiary alicyclic amines) is 2. The summed E-state index contributed by atoms with van der Waals surface area (Å²) < 4.78 is 26.5. The van der Waals surface area contributed by atoms with Crippen molar-refractivity contribution in [3.05, 3.63) is 29.8 Å². The van der Waals surface area contributed by atoms with Crippen LogP contribution >= 0.6 is 0 Å². The summed E-state index contributed by atoms with van der Waals surface area (Å²) in [5, 5.41) is 2.53. The lowest BCUT2D eigenvalue weighted by Crippen LogP contribution is -2.49. The van der Waals surface area contributed by atoms with Crippen molar-refractivity contribution in [2.75, 3.05) is 31.5 Å². The number of rotatable bonds is 2. The zero-order valence-electron chi connectivity index (χ0n) is 13.2. The van der Waals surface area contributed by atoms with Gasteiger partial charge in [-0.3, -0.25) is 0 Å². The Labute approximate surface area is 135 Å². The third-order valence-electron chi connectivity index (χ3n) is 4.83. The fourth-order valence-electron chi connectivity index (χ4n) is 3.50. The number of amides is 2. The zero-order valence-corrected chi connectivity index (χ0v) is 13.2. The molecular formula is C17H23F2N3O. The van der Waals surface area contributed by atoms with Crippen molar-refractivity contribution in [2.24, 2.45) is 0 Å². The molecule has 4 nitrogen and oxygen atoms in total. The first-order valence-corrected chi connectivity index (χ1v) is 8.38. The Kier molecular flexibility index (Phi) is 5.10. The third kappa shape index (κ3) is 3.99. The van der Waals surface area contributed by atoms with Crippen LogP contribution in [0.4, 0.5) is 19.3 Å². The molecule has 0 bridgehead atoms. The molecule has 2 amide bonds. The number of hydrogen-bond acceptors (Lipinski definition) is 2. The highest BCUT2D eigenvalue weighted by Gasteiger charge is 2.27. The molecule has 0 aromatic heterocycles. The van der Waals surface area contributed by atoms with Crippen LogP contribution in [0.2, 0.25) is 0 Å². The van der Waals surface area contributed by atoms with Crippen molar-refractivity contribution in [1.82, 2.24) is 9.80 Å². The highest BCUT2D eigenvalue weighted by Crippen LogP contribution is 2.22. The molecule has 0 unspecified atom stereocenters. The predicted octanol–water partition coefficient (Wildman–Crippen LogP) is 3.45. The van der Waals surface area contributed by atoms with Crippen LogP contribution in [0.1, 0.15) is 32.1 Å². The molecule has 0 radical (unpaired) electrons. The SMILES string of the molecule is O=C(Nc1ccc(F)cc1F)N1CCC(N2CCCCC2)CC1. The van der Waals surface area contributed by atoms with Gasteiger partial charge in [0.05, 0.1) is 5.69 Å². The summed E-state index contributed by atoms with van der Waals surface area (Å²) in [7, 11) is 0. The van der Waals surface area contributed by atoms with Gasteiger partial charge in [-0.15, -0.1) is 0 Å². The van der Waals surface area contributed by atoms with E-state index >= 15 is 0 Å². The number of anilines is 1. The van der Waals surface area contributed by atoms with Crippen LogP contribution in [0.3, 0.4) is 0 Å². The highest BCUT2D eigenvalue weighted by atomic mass is 19.1. The Morgan fingerprint density at radius 3 is 2.39 bits per heavy atom. The molecule has 2 fully saturated rings. The van der Waals surface area contributed by atoms with Crippen molar-refractivity contribution in [1.29, 1.82) is 0 Å². The van der Waals surface area contributed by atoms with Gasteiger partial charge in [0.15, 0.2) is 0 Å². The third-order valence-corrected chi connectivity index (χ3v) is 4.83. The number of benzene rings is 1. The number of carbonyl (C=O) groups is 1. The maximum Gasteiger partial charge on any atom is 0.321 e. The molecule has 3 rings (SSSR count). The van der Waals surface area contributed by atoms with E-state index in [0.29, 0.717) is 19.1 Å². The van der Waals surface area contributed by atoms with Crippen LogP contribution in [0.5, 0.6) is 0 Å². The molecule has 1 aromatic carbocycles. The molecule has 2 aliphatic rings. The lowest BCUT2D eigenvalue weighted by atomic mass is 10.0. The molecule has 2 aliphatic heterocycles. The van der Waals surface area contributed by atoms with E-state index in [4.69, 9.17) is 0 Å². The molecule has 0 aliphatic carbocycles. The Morgan fingerprint density at radius 2 is 1.74 bits per heavy atom. The molecular weight excluding hydrogens is 300 g/mol. The zero-order chi connectivity index (χ0) is 16.2. The van der Waals surface area contributed by atoms with E-state index in [9.17, 15) is 13.6 Å². The molecule has 2 heterocycles. The minimum absolute atomic E-state index is 0.0227. The Morgan fingerprint density at radius 1 is 1.04 bits per heavy atom. The van der Waals surface area contributed by atoms with Crippen LogP contribution in [-0.4, -0.2) is 48.1 Å². The van der Waals surface area contributed by atoms with Crippen LogP contribution in [-0.2, 0) is 0 Å². The van der Waals surface area contributed by atoms with Crippen LogP contribution in [0, 0.1) is 11.6 Å². The van der Waals surface area contributed by atoms with Crippen LogP contribution in [0.15, 0.2) is 18.2 Å². The van der Waals surface area contributed by atoms with Crippen molar-refractivity contribution < 1.29 is 13.6 Å². The van der Waals surface area contributed by atoms with Crippen LogP contribution in [0.25, 0.3) is 0 Å². The standard InChI is InChI=1S/C17H23F2N3O/c18-13-4-5-16(15(19)12-13)20-17(23)22-10-6-14(7-11-22)21-8-2-1-3-9-21/h4-5,12,14H,1-3,6-11H2,(H,20,23). The number of nitrogens with zero attached hydrogens (tertiary/aromatic N) is 2. The molecule has 23 heavy (non-hydrogen) atoms. The van der Waals surface area contributed by atoms with E-state index in [2.05, 4.69) is 10.2 Å². The largest absolute Gasteiger partial charge is 0.324 e. The van der Waals surface area contributed by atoms with E-state index in [1.54, 1.807) is 4.90 Å². The predicted molar refractivity (Wildman–Crippen MR) is 85.4 cm³/mol. The maximum atomic E-state index is 13.6. The second kappa shape index (κ2) is 7.25. The summed E-state index contributed by atoms with van der Waals surface area (Å²) in [6, 6.07) is 3.41. The van der Waals surface area contributed by atoms with Gasteiger partial charge in [0.2, 0.25) is 0 Å². The summed E-state index contributed by atoms with van der Waals surface area (Å²) in [6.07, 6.45) is 5.77. The number of hydrogen-bond donors (Lipinski definition) is 1. The fraction of sp³-hybridized carbons (Fsp3) is 0.588. The lowest BCUT2D eigenvalue weighted by Gasteiger charge is -2.40. The molecule has 2 saturated heterocycles. The van der Waals surface area contributed by atoms with E-state index in [0.717, 1.165) is 38.1 Å². The first-order valence-electron chi connectivity index (χ1n) is 8.38. The fourth-order valence-corrected chi connectivity index (χ4v) is 3.50. The first kappa shape index (κ1) is 16.2. The molecule has 0 saturated carbocycles. The highest BCUT2D eigenvalue weighted by molar-refractivity contribution is 5.89. The van der Waals surface area contributed by atoms with Crippen LogP contribution < -0.4 is 5.32 Å². The van der Waals surface area contributed by atoms with Crippen molar-refractivity contribution >= 4 is 11.7 Å². The number of nitrogens with one attached hydrogen (secondary N) is 1. The van der Waals surface area contributed by atoms with E-state index < -0.39 is 11.6 Å². The Balaban J connectivity index is 1.51.